The molecule has 4 heteroatoms. The Hall–Kier alpha value is 0.360. The lowest BCUT2D eigenvalue weighted by molar-refractivity contribution is 0.272. The largest absolute Gasteiger partial charge is 0.396 e. The van der Waals surface area contributed by atoms with E-state index in [1.165, 1.54) is 0 Å². The van der Waals surface area contributed by atoms with Crippen LogP contribution in [0, 0.1) is 0 Å². The second-order valence-corrected chi connectivity index (χ2v) is 2.20. The molecular formula is C6H17BrN2O. The number of halogens is 1. The summed E-state index contributed by atoms with van der Waals surface area (Å²) in [7, 11) is 0. The van der Waals surface area contributed by atoms with Crippen LogP contribution >= 0.6 is 17.0 Å². The maximum absolute atomic E-state index is 8.42. The lowest BCUT2D eigenvalue weighted by Gasteiger charge is -2.06. The topological polar surface area (TPSA) is 72.3 Å². The first-order valence-electron chi connectivity index (χ1n) is 3.37. The minimum atomic E-state index is 0. The van der Waals surface area contributed by atoms with Crippen molar-refractivity contribution in [3.8, 4) is 0 Å². The Labute approximate surface area is 72.6 Å². The zero-order valence-corrected chi connectivity index (χ0v) is 7.84. The van der Waals surface area contributed by atoms with Crippen LogP contribution in [0.25, 0.3) is 0 Å². The highest BCUT2D eigenvalue weighted by molar-refractivity contribution is 8.93. The third-order valence-corrected chi connectivity index (χ3v) is 1.28. The van der Waals surface area contributed by atoms with Gasteiger partial charge >= 0.3 is 0 Å². The van der Waals surface area contributed by atoms with Gasteiger partial charge in [0, 0.05) is 12.6 Å². The fourth-order valence-electron chi connectivity index (χ4n) is 0.690. The summed E-state index contributed by atoms with van der Waals surface area (Å²) < 4.78 is 0. The van der Waals surface area contributed by atoms with E-state index in [2.05, 4.69) is 0 Å². The average molecular weight is 213 g/mol. The van der Waals surface area contributed by atoms with E-state index in [1.807, 2.05) is 0 Å². The van der Waals surface area contributed by atoms with Crippen LogP contribution in [0.3, 0.4) is 0 Å². The molecule has 0 aliphatic carbocycles. The Morgan fingerprint density at radius 1 is 1.30 bits per heavy atom. The van der Waals surface area contributed by atoms with Crippen LogP contribution in [-0.4, -0.2) is 24.3 Å². The van der Waals surface area contributed by atoms with E-state index in [4.69, 9.17) is 16.6 Å². The highest BCUT2D eigenvalue weighted by Crippen LogP contribution is 1.95. The molecule has 0 radical (unpaired) electrons. The molecule has 0 fully saturated rings. The summed E-state index contributed by atoms with van der Waals surface area (Å²) in [5, 5.41) is 8.42. The molecule has 64 valence electrons. The maximum atomic E-state index is 8.42. The predicted octanol–water partition coefficient (Wildman–Crippen LogP) is 0.0129. The quantitative estimate of drug-likeness (QED) is 0.602. The molecule has 0 spiro atoms. The minimum Gasteiger partial charge on any atom is -0.396 e. The number of hydrogen-bond acceptors (Lipinski definition) is 3. The molecule has 0 bridgehead atoms. The third kappa shape index (κ3) is 8.36. The van der Waals surface area contributed by atoms with E-state index in [-0.39, 0.29) is 29.6 Å². The first kappa shape index (κ1) is 13.0. The molecule has 0 rings (SSSR count). The van der Waals surface area contributed by atoms with Crippen molar-refractivity contribution < 1.29 is 5.11 Å². The smallest absolute Gasteiger partial charge is 0.0445 e. The van der Waals surface area contributed by atoms with E-state index < -0.39 is 0 Å². The van der Waals surface area contributed by atoms with Gasteiger partial charge in [-0.2, -0.15) is 0 Å². The van der Waals surface area contributed by atoms with Crippen LogP contribution in [0.4, 0.5) is 0 Å². The van der Waals surface area contributed by atoms with Crippen molar-refractivity contribution in [2.45, 2.75) is 25.3 Å². The summed E-state index contributed by atoms with van der Waals surface area (Å²) in [6.07, 6.45) is 2.58. The van der Waals surface area contributed by atoms with Crippen molar-refractivity contribution in [3.63, 3.8) is 0 Å². The maximum Gasteiger partial charge on any atom is 0.0445 e. The minimum absolute atomic E-state index is 0. The van der Waals surface area contributed by atoms with E-state index in [0.717, 1.165) is 12.8 Å². The summed E-state index contributed by atoms with van der Waals surface area (Å²) >= 11 is 0. The van der Waals surface area contributed by atoms with Crippen molar-refractivity contribution >= 4 is 17.0 Å². The Kier molecular flexibility index (Phi) is 12.2. The molecule has 0 aromatic rings. The summed E-state index contributed by atoms with van der Waals surface area (Å²) in [6.45, 7) is 0.880. The van der Waals surface area contributed by atoms with Crippen molar-refractivity contribution in [3.05, 3.63) is 0 Å². The van der Waals surface area contributed by atoms with E-state index in [1.54, 1.807) is 0 Å². The first-order valence-corrected chi connectivity index (χ1v) is 3.37. The Balaban J connectivity index is 0. The fourth-order valence-corrected chi connectivity index (χ4v) is 0.690. The zero-order valence-electron chi connectivity index (χ0n) is 6.12. The Bertz CT molecular complexity index is 63.7. The predicted molar refractivity (Wildman–Crippen MR) is 48.3 cm³/mol. The lowest BCUT2D eigenvalue weighted by Crippen LogP contribution is -2.22. The van der Waals surface area contributed by atoms with Crippen molar-refractivity contribution in [1.29, 1.82) is 0 Å². The normalized spacial score (nSPS) is 12.3. The van der Waals surface area contributed by atoms with Crippen molar-refractivity contribution in [2.75, 3.05) is 13.2 Å². The van der Waals surface area contributed by atoms with E-state index >= 15 is 0 Å². The molecule has 0 amide bonds. The SMILES string of the molecule is Br.NCCCC(N)CCO. The standard InChI is InChI=1S/C6H16N2O.BrH/c7-4-1-2-6(8)3-5-9;/h6,9H,1-5,7-8H2;1H. The van der Waals surface area contributed by atoms with Crippen LogP contribution in [0.15, 0.2) is 0 Å². The molecule has 0 aromatic heterocycles. The van der Waals surface area contributed by atoms with E-state index in [0.29, 0.717) is 13.0 Å². The van der Waals surface area contributed by atoms with Gasteiger partial charge in [0.15, 0.2) is 0 Å². The lowest BCUT2D eigenvalue weighted by atomic mass is 10.1. The molecule has 0 saturated carbocycles. The third-order valence-electron chi connectivity index (χ3n) is 1.28. The molecule has 0 heterocycles. The molecule has 1 unspecified atom stereocenters. The van der Waals surface area contributed by atoms with Gasteiger partial charge in [-0.15, -0.1) is 17.0 Å². The van der Waals surface area contributed by atoms with Gasteiger partial charge in [0.2, 0.25) is 0 Å². The van der Waals surface area contributed by atoms with Gasteiger partial charge in [0.05, 0.1) is 0 Å². The molecule has 0 aliphatic heterocycles. The number of nitrogens with two attached hydrogens (primary N) is 2. The second-order valence-electron chi connectivity index (χ2n) is 2.20. The fraction of sp³-hybridized carbons (Fsp3) is 1.00. The Morgan fingerprint density at radius 2 is 1.90 bits per heavy atom. The molecule has 1 atom stereocenters. The molecule has 10 heavy (non-hydrogen) atoms. The second kappa shape index (κ2) is 9.36. The summed E-state index contributed by atoms with van der Waals surface area (Å²) in [5.41, 5.74) is 10.8. The van der Waals surface area contributed by atoms with Gasteiger partial charge in [-0.05, 0) is 25.8 Å². The highest BCUT2D eigenvalue weighted by atomic mass is 79.9. The molecule has 5 N–H and O–H groups in total. The van der Waals surface area contributed by atoms with Crippen LogP contribution in [0.1, 0.15) is 19.3 Å². The average Bonchev–Trinajstić information content (AvgIpc) is 1.85. The zero-order chi connectivity index (χ0) is 7.11. The van der Waals surface area contributed by atoms with Gasteiger partial charge in [-0.1, -0.05) is 0 Å². The monoisotopic (exact) mass is 212 g/mol. The summed E-state index contributed by atoms with van der Waals surface area (Å²) in [6, 6.07) is 0.138. The van der Waals surface area contributed by atoms with Crippen LogP contribution in [-0.2, 0) is 0 Å². The molecule has 3 nitrogen and oxygen atoms in total. The van der Waals surface area contributed by atoms with Gasteiger partial charge in [-0.25, -0.2) is 0 Å². The molecule has 0 aliphatic rings. The first-order chi connectivity index (χ1) is 4.31. The van der Waals surface area contributed by atoms with Crippen LogP contribution in [0.5, 0.6) is 0 Å². The summed E-state index contributed by atoms with van der Waals surface area (Å²) in [4.78, 5) is 0. The van der Waals surface area contributed by atoms with Crippen LogP contribution in [0.2, 0.25) is 0 Å². The molecule has 0 aromatic carbocycles. The number of rotatable bonds is 5. The van der Waals surface area contributed by atoms with Gasteiger partial charge in [-0.3, -0.25) is 0 Å². The molecular weight excluding hydrogens is 196 g/mol. The summed E-state index contributed by atoms with van der Waals surface area (Å²) in [5.74, 6) is 0. The number of aliphatic hydroxyl groups is 1. The van der Waals surface area contributed by atoms with Crippen LogP contribution < -0.4 is 11.5 Å². The van der Waals surface area contributed by atoms with Crippen molar-refractivity contribution in [1.82, 2.24) is 0 Å². The van der Waals surface area contributed by atoms with E-state index in [9.17, 15) is 0 Å². The van der Waals surface area contributed by atoms with Crippen molar-refractivity contribution in [2.24, 2.45) is 11.5 Å². The molecule has 0 saturated heterocycles. The Morgan fingerprint density at radius 3 is 2.30 bits per heavy atom. The van der Waals surface area contributed by atoms with Gasteiger partial charge < -0.3 is 16.6 Å². The highest BCUT2D eigenvalue weighted by Gasteiger charge is 1.98. The number of aliphatic hydroxyl groups excluding tert-OH is 1. The van der Waals surface area contributed by atoms with Gasteiger partial charge in [0.1, 0.15) is 0 Å². The number of hydrogen-bond donors (Lipinski definition) is 3. The van der Waals surface area contributed by atoms with Gasteiger partial charge in [0.25, 0.3) is 0 Å².